The molecule has 1 saturated heterocycles. The Kier molecular flexibility index (Phi) is 9.38. The molecule has 2 heterocycles. The van der Waals surface area contributed by atoms with Crippen LogP contribution in [0.2, 0.25) is 10.0 Å². The van der Waals surface area contributed by atoms with E-state index in [1.807, 2.05) is 17.9 Å². The molecular formula is C23H31Cl2N5O3. The number of rotatable bonds is 8. The Morgan fingerprint density at radius 2 is 1.79 bits per heavy atom. The van der Waals surface area contributed by atoms with Crippen molar-refractivity contribution in [1.29, 1.82) is 0 Å². The minimum atomic E-state index is -0.160. The summed E-state index contributed by atoms with van der Waals surface area (Å²) < 4.78 is 0. The third kappa shape index (κ3) is 7.61. The minimum Gasteiger partial charge on any atom is -0.356 e. The van der Waals surface area contributed by atoms with E-state index in [1.165, 1.54) is 6.42 Å². The van der Waals surface area contributed by atoms with Crippen molar-refractivity contribution in [3.05, 3.63) is 28.2 Å². The van der Waals surface area contributed by atoms with Crippen LogP contribution in [0.15, 0.2) is 23.3 Å². The zero-order valence-corrected chi connectivity index (χ0v) is 20.4. The number of hydrogen-bond donors (Lipinski definition) is 2. The lowest BCUT2D eigenvalue weighted by Crippen LogP contribution is -2.36. The highest BCUT2D eigenvalue weighted by atomic mass is 35.5. The van der Waals surface area contributed by atoms with Gasteiger partial charge in [0, 0.05) is 44.8 Å². The maximum absolute atomic E-state index is 12.3. The van der Waals surface area contributed by atoms with E-state index in [0.29, 0.717) is 35.4 Å². The molecule has 0 saturated carbocycles. The van der Waals surface area contributed by atoms with E-state index in [2.05, 4.69) is 15.7 Å². The van der Waals surface area contributed by atoms with Crippen LogP contribution in [0.1, 0.15) is 51.9 Å². The van der Waals surface area contributed by atoms with Gasteiger partial charge in [-0.3, -0.25) is 19.4 Å². The van der Waals surface area contributed by atoms with Gasteiger partial charge in [-0.1, -0.05) is 30.1 Å². The molecule has 2 aliphatic heterocycles. The molecule has 0 aromatic heterocycles. The first-order valence-corrected chi connectivity index (χ1v) is 12.2. The number of nitrogens with zero attached hydrogens (tertiary/aromatic N) is 3. The Hall–Kier alpha value is -2.32. The average Bonchev–Trinajstić information content (AvgIpc) is 3.17. The highest BCUT2D eigenvalue weighted by molar-refractivity contribution is 6.42. The average molecular weight is 496 g/mol. The van der Waals surface area contributed by atoms with Crippen molar-refractivity contribution in [2.45, 2.75) is 51.9 Å². The van der Waals surface area contributed by atoms with Crippen molar-refractivity contribution in [3.63, 3.8) is 0 Å². The first-order chi connectivity index (χ1) is 15.8. The molecule has 1 unspecified atom stereocenters. The van der Waals surface area contributed by atoms with Gasteiger partial charge >= 0.3 is 0 Å². The van der Waals surface area contributed by atoms with Crippen molar-refractivity contribution in [2.75, 3.05) is 31.2 Å². The highest BCUT2D eigenvalue weighted by Crippen LogP contribution is 2.29. The molecule has 8 nitrogen and oxygen atoms in total. The molecule has 0 spiro atoms. The van der Waals surface area contributed by atoms with E-state index >= 15 is 0 Å². The number of amides is 3. The quantitative estimate of drug-likeness (QED) is 0.539. The number of likely N-dealkylation sites (tertiary alicyclic amines) is 1. The smallest absolute Gasteiger partial charge is 0.225 e. The van der Waals surface area contributed by atoms with Gasteiger partial charge in [0.05, 0.1) is 22.3 Å². The standard InChI is InChI=1S/C23H31Cl2N5O3/c1-16-15-30(17-7-8-18(24)19(25)14-17)28-23(16)27-21(32)6-5-11-26-20(31)9-10-22(33)29-12-3-2-4-13-29/h7-8,14,16H,2-6,9-13,15H2,1H3,(H,26,31)(H,27,28,32). The number of hydrazone groups is 1. The monoisotopic (exact) mass is 495 g/mol. The third-order valence-electron chi connectivity index (χ3n) is 5.79. The van der Waals surface area contributed by atoms with Crippen LogP contribution in [0.5, 0.6) is 0 Å². The summed E-state index contributed by atoms with van der Waals surface area (Å²) in [6, 6.07) is 5.29. The van der Waals surface area contributed by atoms with Gasteiger partial charge in [0.1, 0.15) is 5.84 Å². The third-order valence-corrected chi connectivity index (χ3v) is 6.53. The van der Waals surface area contributed by atoms with Crippen molar-refractivity contribution in [3.8, 4) is 0 Å². The Morgan fingerprint density at radius 1 is 1.03 bits per heavy atom. The Bertz CT molecular complexity index is 902. The van der Waals surface area contributed by atoms with Gasteiger partial charge < -0.3 is 15.5 Å². The predicted molar refractivity (Wildman–Crippen MR) is 130 cm³/mol. The van der Waals surface area contributed by atoms with Gasteiger partial charge in [0.2, 0.25) is 17.7 Å². The summed E-state index contributed by atoms with van der Waals surface area (Å²) in [4.78, 5) is 38.3. The Balaban J connectivity index is 1.34. The van der Waals surface area contributed by atoms with Crippen molar-refractivity contribution < 1.29 is 14.4 Å². The van der Waals surface area contributed by atoms with Gasteiger partial charge in [0.15, 0.2) is 0 Å². The molecule has 0 radical (unpaired) electrons. The van der Waals surface area contributed by atoms with E-state index in [1.54, 1.807) is 17.1 Å². The van der Waals surface area contributed by atoms with Gasteiger partial charge in [-0.2, -0.15) is 5.10 Å². The molecule has 2 aliphatic rings. The molecule has 1 fully saturated rings. The van der Waals surface area contributed by atoms with Crippen LogP contribution >= 0.6 is 23.2 Å². The number of piperidine rings is 1. The number of carbonyl (C=O) groups excluding carboxylic acids is 3. The lowest BCUT2D eigenvalue weighted by molar-refractivity contribution is -0.134. The second kappa shape index (κ2) is 12.2. The number of hydrogen-bond acceptors (Lipinski definition) is 5. The van der Waals surface area contributed by atoms with E-state index < -0.39 is 0 Å². The molecule has 0 bridgehead atoms. The maximum atomic E-state index is 12.3. The van der Waals surface area contributed by atoms with Crippen molar-refractivity contribution >= 4 is 52.4 Å². The lowest BCUT2D eigenvalue weighted by atomic mass is 10.1. The number of anilines is 1. The van der Waals surface area contributed by atoms with Crippen molar-refractivity contribution in [2.24, 2.45) is 11.0 Å². The molecule has 180 valence electrons. The molecule has 2 N–H and O–H groups in total. The van der Waals surface area contributed by atoms with Gasteiger partial charge in [0.25, 0.3) is 0 Å². The van der Waals surface area contributed by atoms with Crippen LogP contribution in [-0.2, 0) is 14.4 Å². The van der Waals surface area contributed by atoms with E-state index in [0.717, 1.165) is 31.6 Å². The number of benzene rings is 1. The molecule has 1 atom stereocenters. The number of carbonyl (C=O) groups is 3. The first kappa shape index (κ1) is 25.3. The summed E-state index contributed by atoms with van der Waals surface area (Å²) in [7, 11) is 0. The number of amidine groups is 1. The zero-order valence-electron chi connectivity index (χ0n) is 18.9. The zero-order chi connectivity index (χ0) is 23.8. The van der Waals surface area contributed by atoms with Crippen LogP contribution < -0.4 is 15.6 Å². The fraction of sp³-hybridized carbons (Fsp3) is 0.565. The second-order valence-corrected chi connectivity index (χ2v) is 9.32. The van der Waals surface area contributed by atoms with Crippen LogP contribution in [0, 0.1) is 5.92 Å². The predicted octanol–water partition coefficient (Wildman–Crippen LogP) is 3.57. The summed E-state index contributed by atoms with van der Waals surface area (Å²) in [5.74, 6) is 0.399. The molecule has 1 aromatic rings. The van der Waals surface area contributed by atoms with Crippen molar-refractivity contribution in [1.82, 2.24) is 15.5 Å². The van der Waals surface area contributed by atoms with Crippen LogP contribution in [-0.4, -0.2) is 54.6 Å². The second-order valence-electron chi connectivity index (χ2n) is 8.51. The van der Waals surface area contributed by atoms with Crippen LogP contribution in [0.4, 0.5) is 5.69 Å². The van der Waals surface area contributed by atoms with Gasteiger partial charge in [-0.15, -0.1) is 0 Å². The molecule has 10 heteroatoms. The summed E-state index contributed by atoms with van der Waals surface area (Å²) in [6.45, 7) is 4.60. The van der Waals surface area contributed by atoms with E-state index in [9.17, 15) is 14.4 Å². The molecular weight excluding hydrogens is 465 g/mol. The minimum absolute atomic E-state index is 0.0469. The molecule has 3 amide bonds. The van der Waals surface area contributed by atoms with Crippen LogP contribution in [0.25, 0.3) is 0 Å². The molecule has 33 heavy (non-hydrogen) atoms. The first-order valence-electron chi connectivity index (χ1n) is 11.5. The van der Waals surface area contributed by atoms with Gasteiger partial charge in [-0.25, -0.2) is 0 Å². The lowest BCUT2D eigenvalue weighted by Gasteiger charge is -2.26. The van der Waals surface area contributed by atoms with E-state index in [-0.39, 0.29) is 42.9 Å². The van der Waals surface area contributed by atoms with Gasteiger partial charge in [-0.05, 0) is 43.9 Å². The normalized spacial score (nSPS) is 18.2. The SMILES string of the molecule is CC1CN(c2ccc(Cl)c(Cl)c2)N=C1NC(=O)CCCNC(=O)CCC(=O)N1CCCCC1. The summed E-state index contributed by atoms with van der Waals surface area (Å²) in [6.07, 6.45) is 4.44. The highest BCUT2D eigenvalue weighted by Gasteiger charge is 2.25. The van der Waals surface area contributed by atoms with Crippen LogP contribution in [0.3, 0.4) is 0 Å². The number of nitrogens with one attached hydrogen (secondary N) is 2. The summed E-state index contributed by atoms with van der Waals surface area (Å²) in [5.41, 5.74) is 0.807. The van der Waals surface area contributed by atoms with E-state index in [4.69, 9.17) is 23.2 Å². The largest absolute Gasteiger partial charge is 0.356 e. The molecule has 0 aliphatic carbocycles. The molecule has 3 rings (SSSR count). The molecule has 1 aromatic carbocycles. The summed E-state index contributed by atoms with van der Waals surface area (Å²) in [5, 5.41) is 12.9. The fourth-order valence-electron chi connectivity index (χ4n) is 3.86. The maximum Gasteiger partial charge on any atom is 0.225 e. The Morgan fingerprint density at radius 3 is 2.52 bits per heavy atom. The Labute approximate surface area is 204 Å². The number of halogens is 2. The summed E-state index contributed by atoms with van der Waals surface area (Å²) >= 11 is 12.1. The topological polar surface area (TPSA) is 94.1 Å². The fourth-order valence-corrected chi connectivity index (χ4v) is 4.16.